The van der Waals surface area contributed by atoms with Crippen LogP contribution in [0.15, 0.2) is 71.9 Å². The fourth-order valence-electron chi connectivity index (χ4n) is 3.47. The van der Waals surface area contributed by atoms with Crippen molar-refractivity contribution in [3.8, 4) is 22.9 Å². The zero-order valence-corrected chi connectivity index (χ0v) is 19.0. The summed E-state index contributed by atoms with van der Waals surface area (Å²) in [7, 11) is 3.22. The van der Waals surface area contributed by atoms with E-state index in [2.05, 4.69) is 0 Å². The maximum atomic E-state index is 6.36. The summed E-state index contributed by atoms with van der Waals surface area (Å²) in [5.41, 5.74) is 3.43. The number of hydrogen-bond donors (Lipinski definition) is 0. The zero-order chi connectivity index (χ0) is 22.1. The largest absolute Gasteiger partial charge is 0.493 e. The Morgan fingerprint density at radius 1 is 0.906 bits per heavy atom. The third kappa shape index (κ3) is 3.74. The molecule has 0 bridgehead atoms. The quantitative estimate of drug-likeness (QED) is 0.231. The number of thioether (sulfide) groups is 1. The predicted molar refractivity (Wildman–Crippen MR) is 128 cm³/mol. The summed E-state index contributed by atoms with van der Waals surface area (Å²) in [6, 6.07) is 21.5. The van der Waals surface area contributed by atoms with E-state index in [-0.39, 0.29) is 0 Å². The molecule has 0 N–H and O–H groups in total. The van der Waals surface area contributed by atoms with Gasteiger partial charge in [-0.15, -0.1) is 5.10 Å². The van der Waals surface area contributed by atoms with Crippen LogP contribution in [0.4, 0.5) is 0 Å². The van der Waals surface area contributed by atoms with E-state index in [9.17, 15) is 0 Å². The zero-order valence-electron chi connectivity index (χ0n) is 17.4. The van der Waals surface area contributed by atoms with Crippen molar-refractivity contribution in [3.05, 3.63) is 77.3 Å². The van der Waals surface area contributed by atoms with Crippen LogP contribution in [0.2, 0.25) is 5.02 Å². The topological polar surface area (TPSA) is 61.5 Å². The molecule has 32 heavy (non-hydrogen) atoms. The van der Waals surface area contributed by atoms with Crippen molar-refractivity contribution in [3.63, 3.8) is 0 Å². The minimum Gasteiger partial charge on any atom is -0.493 e. The van der Waals surface area contributed by atoms with Crippen molar-refractivity contribution in [2.75, 3.05) is 14.2 Å². The van der Waals surface area contributed by atoms with Crippen molar-refractivity contribution in [1.82, 2.24) is 19.6 Å². The third-order valence-corrected chi connectivity index (χ3v) is 6.44. The van der Waals surface area contributed by atoms with Gasteiger partial charge in [0.25, 0.3) is 0 Å². The van der Waals surface area contributed by atoms with Gasteiger partial charge in [0.15, 0.2) is 28.1 Å². The van der Waals surface area contributed by atoms with E-state index in [4.69, 9.17) is 36.1 Å². The molecule has 6 nitrogen and oxygen atoms in total. The van der Waals surface area contributed by atoms with Crippen LogP contribution in [0.5, 0.6) is 11.5 Å². The number of fused-ring (bicyclic) bond motifs is 3. The predicted octanol–water partition coefficient (Wildman–Crippen LogP) is 5.91. The fraction of sp³-hybridized carbons (Fsp3) is 0.125. The molecule has 0 aliphatic carbocycles. The molecular formula is C24H19ClN4O2S. The van der Waals surface area contributed by atoms with Crippen LogP contribution in [0.25, 0.3) is 27.9 Å². The Balaban J connectivity index is 1.70. The van der Waals surface area contributed by atoms with E-state index in [0.717, 1.165) is 27.1 Å². The standard InChI is InChI=1S/C24H19ClN4O2S/c1-30-20-12-17-19(13-21(20)31-2)26-24(32-14-16-10-6-7-11-18(16)25)29-23(17)27-22(28-29)15-8-4-3-5-9-15/h3-13H,14H2,1-2H3. The highest BCUT2D eigenvalue weighted by Crippen LogP contribution is 2.35. The molecule has 0 saturated carbocycles. The van der Waals surface area contributed by atoms with Gasteiger partial charge in [-0.3, -0.25) is 0 Å². The number of aromatic nitrogens is 4. The summed E-state index contributed by atoms with van der Waals surface area (Å²) >= 11 is 7.92. The Bertz CT molecular complexity index is 1420. The van der Waals surface area contributed by atoms with Gasteiger partial charge in [-0.25, -0.2) is 9.97 Å². The van der Waals surface area contributed by atoms with E-state index in [1.807, 2.05) is 66.7 Å². The Morgan fingerprint density at radius 3 is 2.38 bits per heavy atom. The molecule has 0 radical (unpaired) electrons. The van der Waals surface area contributed by atoms with Crippen LogP contribution in [0, 0.1) is 0 Å². The fourth-order valence-corrected chi connectivity index (χ4v) is 4.70. The molecule has 160 valence electrons. The van der Waals surface area contributed by atoms with Crippen molar-refractivity contribution in [2.24, 2.45) is 0 Å². The number of benzene rings is 3. The van der Waals surface area contributed by atoms with Gasteiger partial charge in [-0.05, 0) is 17.7 Å². The van der Waals surface area contributed by atoms with Crippen LogP contribution in [-0.2, 0) is 5.75 Å². The maximum absolute atomic E-state index is 6.36. The third-order valence-electron chi connectivity index (χ3n) is 5.09. The van der Waals surface area contributed by atoms with E-state index in [1.54, 1.807) is 30.5 Å². The highest BCUT2D eigenvalue weighted by molar-refractivity contribution is 7.98. The summed E-state index contributed by atoms with van der Waals surface area (Å²) in [6.45, 7) is 0. The summed E-state index contributed by atoms with van der Waals surface area (Å²) in [6.07, 6.45) is 0. The van der Waals surface area contributed by atoms with E-state index in [1.165, 1.54) is 0 Å². The van der Waals surface area contributed by atoms with Gasteiger partial charge in [0.05, 0.1) is 19.7 Å². The first-order chi connectivity index (χ1) is 15.7. The average Bonchev–Trinajstić information content (AvgIpc) is 3.29. The molecule has 0 spiro atoms. The van der Waals surface area contributed by atoms with Gasteiger partial charge in [0.1, 0.15) is 0 Å². The Labute approximate surface area is 194 Å². The van der Waals surface area contributed by atoms with Crippen molar-refractivity contribution < 1.29 is 9.47 Å². The molecule has 2 aromatic heterocycles. The van der Waals surface area contributed by atoms with Gasteiger partial charge in [-0.1, -0.05) is 71.9 Å². The number of nitrogens with zero attached hydrogens (tertiary/aromatic N) is 4. The van der Waals surface area contributed by atoms with Crippen LogP contribution < -0.4 is 9.47 Å². The summed E-state index contributed by atoms with van der Waals surface area (Å²) in [5, 5.41) is 7.06. The SMILES string of the molecule is COc1cc2nc(SCc3ccccc3Cl)n3nc(-c4ccccc4)nc3c2cc1OC. The lowest BCUT2D eigenvalue weighted by molar-refractivity contribution is 0.355. The molecule has 0 saturated heterocycles. The minimum atomic E-state index is 0.613. The number of ether oxygens (including phenoxy) is 2. The number of hydrogen-bond acceptors (Lipinski definition) is 6. The van der Waals surface area contributed by atoms with E-state index >= 15 is 0 Å². The number of rotatable bonds is 6. The van der Waals surface area contributed by atoms with Crippen LogP contribution >= 0.6 is 23.4 Å². The molecule has 0 unspecified atom stereocenters. The second kappa shape index (κ2) is 8.68. The first-order valence-electron chi connectivity index (χ1n) is 9.92. The summed E-state index contributed by atoms with van der Waals surface area (Å²) in [4.78, 5) is 9.74. The average molecular weight is 463 g/mol. The lowest BCUT2D eigenvalue weighted by Crippen LogP contribution is -2.00. The highest BCUT2D eigenvalue weighted by atomic mass is 35.5. The second-order valence-corrected chi connectivity index (χ2v) is 8.39. The van der Waals surface area contributed by atoms with Gasteiger partial charge >= 0.3 is 0 Å². The summed E-state index contributed by atoms with van der Waals surface area (Å²) < 4.78 is 12.8. The molecule has 0 aliphatic heterocycles. The molecule has 2 heterocycles. The molecule has 8 heteroatoms. The summed E-state index contributed by atoms with van der Waals surface area (Å²) in [5.74, 6) is 2.52. The number of methoxy groups -OCH3 is 2. The minimum absolute atomic E-state index is 0.613. The molecule has 5 rings (SSSR count). The maximum Gasteiger partial charge on any atom is 0.191 e. The van der Waals surface area contributed by atoms with Gasteiger partial charge in [0, 0.05) is 27.8 Å². The van der Waals surface area contributed by atoms with Gasteiger partial charge < -0.3 is 9.47 Å². The smallest absolute Gasteiger partial charge is 0.191 e. The normalized spacial score (nSPS) is 11.2. The van der Waals surface area contributed by atoms with Crippen LogP contribution in [0.3, 0.4) is 0 Å². The van der Waals surface area contributed by atoms with Crippen molar-refractivity contribution in [1.29, 1.82) is 0 Å². The lowest BCUT2D eigenvalue weighted by atomic mass is 10.2. The van der Waals surface area contributed by atoms with E-state index < -0.39 is 0 Å². The first-order valence-corrected chi connectivity index (χ1v) is 11.3. The molecule has 3 aromatic carbocycles. The first kappa shape index (κ1) is 20.6. The Kier molecular flexibility index (Phi) is 5.59. The molecule has 5 aromatic rings. The van der Waals surface area contributed by atoms with E-state index in [0.29, 0.717) is 33.9 Å². The monoisotopic (exact) mass is 462 g/mol. The molecule has 0 aliphatic rings. The number of halogens is 1. The van der Waals surface area contributed by atoms with Crippen LogP contribution in [0.1, 0.15) is 5.56 Å². The van der Waals surface area contributed by atoms with Crippen molar-refractivity contribution in [2.45, 2.75) is 10.9 Å². The molecule has 0 fully saturated rings. The lowest BCUT2D eigenvalue weighted by Gasteiger charge is -2.11. The Hall–Kier alpha value is -3.29. The van der Waals surface area contributed by atoms with Gasteiger partial charge in [0.2, 0.25) is 0 Å². The van der Waals surface area contributed by atoms with Crippen molar-refractivity contribution >= 4 is 39.9 Å². The molecule has 0 amide bonds. The molecular weight excluding hydrogens is 444 g/mol. The second-order valence-electron chi connectivity index (χ2n) is 7.04. The Morgan fingerprint density at radius 2 is 1.62 bits per heavy atom. The van der Waals surface area contributed by atoms with Gasteiger partial charge in [-0.2, -0.15) is 4.52 Å². The van der Waals surface area contributed by atoms with Crippen LogP contribution in [-0.4, -0.2) is 33.8 Å². The molecule has 0 atom stereocenters. The highest BCUT2D eigenvalue weighted by Gasteiger charge is 2.18.